The number of amides is 2. The van der Waals surface area contributed by atoms with Gasteiger partial charge in [0.25, 0.3) is 5.91 Å². The summed E-state index contributed by atoms with van der Waals surface area (Å²) in [6, 6.07) is -0.419. The van der Waals surface area contributed by atoms with Crippen molar-refractivity contribution >= 4 is 57.5 Å². The molecule has 0 saturated carbocycles. The van der Waals surface area contributed by atoms with Crippen LogP contribution in [0, 0.1) is 12.8 Å². The maximum atomic E-state index is 13.5. The summed E-state index contributed by atoms with van der Waals surface area (Å²) >= 11 is 13.6. The number of piperidine rings is 1. The maximum absolute atomic E-state index is 13.5. The number of hydrogen-bond donors (Lipinski definition) is 2. The number of hydrogen-bond acceptors (Lipinski definition) is 8. The first kappa shape index (κ1) is 24.8. The number of thiazole rings is 1. The van der Waals surface area contributed by atoms with Crippen LogP contribution < -0.4 is 10.2 Å². The summed E-state index contributed by atoms with van der Waals surface area (Å²) in [6.07, 6.45) is 1.97. The number of carbonyl (C=O) groups is 3. The first-order valence-corrected chi connectivity index (χ1v) is 12.4. The van der Waals surface area contributed by atoms with Crippen LogP contribution in [-0.4, -0.2) is 85.2 Å². The molecule has 0 unspecified atom stereocenters. The van der Waals surface area contributed by atoms with Crippen LogP contribution in [0.2, 0.25) is 10.0 Å². The van der Waals surface area contributed by atoms with Gasteiger partial charge in [0.05, 0.1) is 42.5 Å². The fourth-order valence-electron chi connectivity index (χ4n) is 4.14. The van der Waals surface area contributed by atoms with Gasteiger partial charge in [-0.3, -0.25) is 9.59 Å². The number of H-pyrrole nitrogens is 1. The molecule has 0 bridgehead atoms. The topological polar surface area (TPSA) is 117 Å². The SMILES string of the molecule is COC(=O)c1cnc(N2CC[C@H](NC(=O)c3[nH]c(C)c(Cl)c3Cl)[C@H](C(=O)N3CCOCC3)C2)s1. The third-order valence-electron chi connectivity index (χ3n) is 6.00. The average molecular weight is 530 g/mol. The Kier molecular flexibility index (Phi) is 7.66. The van der Waals surface area contributed by atoms with Gasteiger partial charge in [0.1, 0.15) is 10.6 Å². The fraction of sp³-hybridized carbons (Fsp3) is 0.524. The van der Waals surface area contributed by atoms with Gasteiger partial charge in [0, 0.05) is 37.9 Å². The monoisotopic (exact) mass is 529 g/mol. The molecular weight excluding hydrogens is 505 g/mol. The molecule has 13 heteroatoms. The molecule has 4 rings (SSSR count). The molecule has 0 aromatic carbocycles. The van der Waals surface area contributed by atoms with Crippen molar-refractivity contribution in [3.05, 3.63) is 32.5 Å². The Balaban J connectivity index is 1.55. The number of esters is 1. The lowest BCUT2D eigenvalue weighted by atomic mass is 9.90. The second-order valence-electron chi connectivity index (χ2n) is 8.11. The normalized spacial score (nSPS) is 20.8. The summed E-state index contributed by atoms with van der Waals surface area (Å²) in [5, 5.41) is 4.06. The highest BCUT2D eigenvalue weighted by molar-refractivity contribution is 7.17. The lowest BCUT2D eigenvalue weighted by Crippen LogP contribution is -2.57. The minimum absolute atomic E-state index is 0.0603. The Morgan fingerprint density at radius 2 is 1.97 bits per heavy atom. The highest BCUT2D eigenvalue weighted by atomic mass is 35.5. The van der Waals surface area contributed by atoms with Crippen LogP contribution >= 0.6 is 34.5 Å². The van der Waals surface area contributed by atoms with E-state index in [9.17, 15) is 14.4 Å². The summed E-state index contributed by atoms with van der Waals surface area (Å²) < 4.78 is 10.1. The molecule has 0 spiro atoms. The predicted octanol–water partition coefficient (Wildman–Crippen LogP) is 2.36. The number of ether oxygens (including phenoxy) is 2. The molecule has 0 radical (unpaired) electrons. The number of aryl methyl sites for hydroxylation is 1. The van der Waals surface area contributed by atoms with E-state index in [0.29, 0.717) is 66.5 Å². The number of halogens is 2. The average Bonchev–Trinajstić information content (AvgIpc) is 3.45. The Morgan fingerprint density at radius 3 is 2.62 bits per heavy atom. The molecule has 10 nitrogen and oxygen atoms in total. The smallest absolute Gasteiger partial charge is 0.349 e. The number of nitrogens with zero attached hydrogens (tertiary/aromatic N) is 3. The zero-order valence-corrected chi connectivity index (χ0v) is 21.1. The number of aromatic nitrogens is 2. The molecule has 4 heterocycles. The van der Waals surface area contributed by atoms with Gasteiger partial charge in [-0.2, -0.15) is 0 Å². The molecule has 2 amide bonds. The van der Waals surface area contributed by atoms with Gasteiger partial charge >= 0.3 is 5.97 Å². The molecule has 2 N–H and O–H groups in total. The molecule has 2 aliphatic rings. The van der Waals surface area contributed by atoms with Crippen molar-refractivity contribution in [1.82, 2.24) is 20.2 Å². The van der Waals surface area contributed by atoms with E-state index in [0.717, 1.165) is 0 Å². The Hall–Kier alpha value is -2.34. The van der Waals surface area contributed by atoms with Crippen LogP contribution in [0.4, 0.5) is 5.13 Å². The van der Waals surface area contributed by atoms with Crippen molar-refractivity contribution in [3.8, 4) is 0 Å². The van der Waals surface area contributed by atoms with Gasteiger partial charge in [-0.05, 0) is 13.3 Å². The third kappa shape index (κ3) is 5.02. The van der Waals surface area contributed by atoms with Crippen LogP contribution in [0.1, 0.15) is 32.3 Å². The van der Waals surface area contributed by atoms with Crippen LogP contribution in [0.15, 0.2) is 6.20 Å². The van der Waals surface area contributed by atoms with E-state index in [2.05, 4.69) is 15.3 Å². The zero-order valence-electron chi connectivity index (χ0n) is 18.7. The molecule has 0 aliphatic carbocycles. The summed E-state index contributed by atoms with van der Waals surface area (Å²) in [7, 11) is 1.32. The molecule has 2 saturated heterocycles. The second-order valence-corrected chi connectivity index (χ2v) is 9.88. The summed E-state index contributed by atoms with van der Waals surface area (Å²) in [5.74, 6) is -1.45. The zero-order chi connectivity index (χ0) is 24.4. The molecule has 34 heavy (non-hydrogen) atoms. The second kappa shape index (κ2) is 10.5. The van der Waals surface area contributed by atoms with E-state index in [1.807, 2.05) is 4.90 Å². The summed E-state index contributed by atoms with van der Waals surface area (Å²) in [4.78, 5) is 49.7. The molecule has 184 valence electrons. The molecule has 2 atom stereocenters. The van der Waals surface area contributed by atoms with Crippen molar-refractivity contribution in [1.29, 1.82) is 0 Å². The number of nitrogens with one attached hydrogen (secondary N) is 2. The van der Waals surface area contributed by atoms with Gasteiger partial charge in [0.15, 0.2) is 5.13 Å². The Bertz CT molecular complexity index is 1080. The first-order valence-electron chi connectivity index (χ1n) is 10.8. The van der Waals surface area contributed by atoms with E-state index in [1.54, 1.807) is 11.8 Å². The largest absolute Gasteiger partial charge is 0.465 e. The first-order chi connectivity index (χ1) is 16.3. The van der Waals surface area contributed by atoms with Crippen molar-refractivity contribution < 1.29 is 23.9 Å². The molecule has 2 aliphatic heterocycles. The van der Waals surface area contributed by atoms with Crippen LogP contribution in [0.3, 0.4) is 0 Å². The number of carbonyl (C=O) groups excluding carboxylic acids is 3. The summed E-state index contributed by atoms with van der Waals surface area (Å²) in [5.41, 5.74) is 0.768. The van der Waals surface area contributed by atoms with Crippen molar-refractivity contribution in [2.75, 3.05) is 51.4 Å². The Labute approximate surface area is 210 Å². The van der Waals surface area contributed by atoms with Crippen molar-refractivity contribution in [2.24, 2.45) is 5.92 Å². The molecule has 2 aromatic heterocycles. The van der Waals surface area contributed by atoms with Gasteiger partial charge < -0.3 is 29.6 Å². The predicted molar refractivity (Wildman–Crippen MR) is 128 cm³/mol. The van der Waals surface area contributed by atoms with Crippen LogP contribution in [0.25, 0.3) is 0 Å². The van der Waals surface area contributed by atoms with Crippen LogP contribution in [0.5, 0.6) is 0 Å². The lowest BCUT2D eigenvalue weighted by molar-refractivity contribution is -0.140. The highest BCUT2D eigenvalue weighted by Gasteiger charge is 2.39. The maximum Gasteiger partial charge on any atom is 0.349 e. The standard InChI is InChI=1S/C21H25Cl2N5O5S/c1-11-15(22)16(23)17(25-11)18(29)26-13-3-4-28(21-24-9-14(34-21)20(31)32-2)10-12(13)19(30)27-5-7-33-8-6-27/h9,12-13,25H,3-8,10H2,1-2H3,(H,26,29)/t12-,13+/m1/s1. The number of aromatic amines is 1. The van der Waals surface area contributed by atoms with E-state index in [-0.39, 0.29) is 16.6 Å². The Morgan fingerprint density at radius 1 is 1.24 bits per heavy atom. The minimum atomic E-state index is -0.522. The molecule has 2 fully saturated rings. The van der Waals surface area contributed by atoms with Gasteiger partial charge in [-0.1, -0.05) is 34.5 Å². The lowest BCUT2D eigenvalue weighted by Gasteiger charge is -2.40. The third-order valence-corrected chi connectivity index (χ3v) is 7.99. The number of morpholine rings is 1. The molecule has 2 aromatic rings. The van der Waals surface area contributed by atoms with Crippen LogP contribution in [-0.2, 0) is 14.3 Å². The van der Waals surface area contributed by atoms with E-state index < -0.39 is 23.8 Å². The van der Waals surface area contributed by atoms with E-state index >= 15 is 0 Å². The van der Waals surface area contributed by atoms with Gasteiger partial charge in [-0.25, -0.2) is 9.78 Å². The quantitative estimate of drug-likeness (QED) is 0.570. The molecular formula is C21H25Cl2N5O5S. The van der Waals surface area contributed by atoms with Gasteiger partial charge in [-0.15, -0.1) is 0 Å². The minimum Gasteiger partial charge on any atom is -0.465 e. The van der Waals surface area contributed by atoms with E-state index in [4.69, 9.17) is 32.7 Å². The van der Waals surface area contributed by atoms with Crippen molar-refractivity contribution in [3.63, 3.8) is 0 Å². The number of methoxy groups -OCH3 is 1. The number of rotatable bonds is 5. The fourth-order valence-corrected chi connectivity index (χ4v) is 5.43. The van der Waals surface area contributed by atoms with E-state index in [1.165, 1.54) is 24.6 Å². The highest BCUT2D eigenvalue weighted by Crippen LogP contribution is 2.31. The van der Waals surface area contributed by atoms with Gasteiger partial charge in [0.2, 0.25) is 5.91 Å². The number of anilines is 1. The summed E-state index contributed by atoms with van der Waals surface area (Å²) in [6.45, 7) is 4.56. The van der Waals surface area contributed by atoms with Crippen molar-refractivity contribution in [2.45, 2.75) is 19.4 Å².